The van der Waals surface area contributed by atoms with E-state index in [9.17, 15) is 22.8 Å². The predicted octanol–water partition coefficient (Wildman–Crippen LogP) is 3.54. The van der Waals surface area contributed by atoms with Crippen molar-refractivity contribution in [1.82, 2.24) is 14.5 Å². The van der Waals surface area contributed by atoms with Crippen LogP contribution in [0.4, 0.5) is 18.3 Å². The normalized spacial score (nSPS) is 11.7. The topological polar surface area (TPSA) is 86.1 Å². The number of anilines is 1. The van der Waals surface area contributed by atoms with Crippen LogP contribution >= 0.6 is 11.3 Å². The monoisotopic (exact) mass is 420 g/mol. The number of fused-ring (bicyclic) bond motifs is 2. The zero-order valence-corrected chi connectivity index (χ0v) is 15.3. The molecule has 0 aliphatic heterocycles. The van der Waals surface area contributed by atoms with Crippen LogP contribution in [0.15, 0.2) is 53.5 Å². The number of alkyl halides is 3. The Morgan fingerprint density at radius 1 is 1.17 bits per heavy atom. The van der Waals surface area contributed by atoms with E-state index in [0.717, 1.165) is 23.6 Å². The highest BCUT2D eigenvalue weighted by Gasteiger charge is 2.31. The fraction of sp³-hybridized carbons (Fsp3) is 0.111. The Bertz CT molecular complexity index is 1280. The third-order valence-electron chi connectivity index (χ3n) is 3.89. The van der Waals surface area contributed by atoms with Gasteiger partial charge in [0.15, 0.2) is 5.13 Å². The molecule has 0 aliphatic rings. The molecule has 0 fully saturated rings. The zero-order valence-electron chi connectivity index (χ0n) is 14.4. The molecular formula is C18H11F3N4O3S. The summed E-state index contributed by atoms with van der Waals surface area (Å²) in [6.45, 7) is -0.264. The summed E-state index contributed by atoms with van der Waals surface area (Å²) in [5.41, 5.74) is 1.05. The molecule has 0 unspecified atom stereocenters. The Balaban J connectivity index is 1.55. The summed E-state index contributed by atoms with van der Waals surface area (Å²) >= 11 is 0.994. The summed E-state index contributed by atoms with van der Waals surface area (Å²) in [6, 6.07) is 10.6. The van der Waals surface area contributed by atoms with Gasteiger partial charge < -0.3 is 10.1 Å². The van der Waals surface area contributed by atoms with Crippen molar-refractivity contribution in [1.29, 1.82) is 0 Å². The SMILES string of the molecule is O=C(Cn1c(=O)cnc2ccccc21)Nc1nc2ccc(OC(F)(F)F)cc2s1. The van der Waals surface area contributed by atoms with E-state index in [1.165, 1.54) is 16.7 Å². The van der Waals surface area contributed by atoms with Gasteiger partial charge in [-0.05, 0) is 24.3 Å². The molecular weight excluding hydrogens is 409 g/mol. The van der Waals surface area contributed by atoms with Crippen molar-refractivity contribution in [2.24, 2.45) is 0 Å². The lowest BCUT2D eigenvalue weighted by Crippen LogP contribution is -2.27. The largest absolute Gasteiger partial charge is 0.573 e. The van der Waals surface area contributed by atoms with Gasteiger partial charge in [-0.2, -0.15) is 0 Å². The molecule has 29 heavy (non-hydrogen) atoms. The van der Waals surface area contributed by atoms with Crippen LogP contribution in [0, 0.1) is 0 Å². The zero-order chi connectivity index (χ0) is 20.6. The molecule has 0 atom stereocenters. The third-order valence-corrected chi connectivity index (χ3v) is 4.83. The smallest absolute Gasteiger partial charge is 0.406 e. The Morgan fingerprint density at radius 2 is 1.97 bits per heavy atom. The highest BCUT2D eigenvalue weighted by Crippen LogP contribution is 2.31. The fourth-order valence-electron chi connectivity index (χ4n) is 2.74. The number of hydrogen-bond donors (Lipinski definition) is 1. The number of carbonyl (C=O) groups excluding carboxylic acids is 1. The number of aromatic nitrogens is 3. The molecule has 0 saturated carbocycles. The van der Waals surface area contributed by atoms with Crippen LogP contribution in [-0.2, 0) is 11.3 Å². The van der Waals surface area contributed by atoms with Crippen LogP contribution in [0.1, 0.15) is 0 Å². The number of nitrogens with one attached hydrogen (secondary N) is 1. The number of carbonyl (C=O) groups is 1. The molecule has 2 heterocycles. The molecule has 0 radical (unpaired) electrons. The van der Waals surface area contributed by atoms with Crippen LogP contribution in [0.3, 0.4) is 0 Å². The maximum Gasteiger partial charge on any atom is 0.573 e. The van der Waals surface area contributed by atoms with E-state index in [1.54, 1.807) is 24.3 Å². The Morgan fingerprint density at radius 3 is 2.76 bits per heavy atom. The minimum Gasteiger partial charge on any atom is -0.406 e. The van der Waals surface area contributed by atoms with Crippen molar-refractivity contribution in [2.45, 2.75) is 12.9 Å². The van der Waals surface area contributed by atoms with E-state index in [0.29, 0.717) is 21.3 Å². The summed E-state index contributed by atoms with van der Waals surface area (Å²) < 4.78 is 42.6. The second kappa shape index (κ2) is 7.17. The van der Waals surface area contributed by atoms with E-state index in [1.807, 2.05) is 0 Å². The first kappa shape index (κ1) is 18.9. The van der Waals surface area contributed by atoms with Gasteiger partial charge >= 0.3 is 6.36 Å². The van der Waals surface area contributed by atoms with Crippen molar-refractivity contribution in [2.75, 3.05) is 5.32 Å². The molecule has 4 aromatic rings. The molecule has 11 heteroatoms. The number of halogens is 3. The van der Waals surface area contributed by atoms with Crippen molar-refractivity contribution >= 4 is 43.6 Å². The van der Waals surface area contributed by atoms with Crippen LogP contribution < -0.4 is 15.6 Å². The number of para-hydroxylation sites is 2. The van der Waals surface area contributed by atoms with Crippen LogP contribution in [0.25, 0.3) is 21.3 Å². The molecule has 7 nitrogen and oxygen atoms in total. The first-order valence-electron chi connectivity index (χ1n) is 8.19. The number of amides is 1. The molecule has 2 aromatic carbocycles. The number of nitrogens with zero attached hydrogens (tertiary/aromatic N) is 3. The van der Waals surface area contributed by atoms with E-state index in [4.69, 9.17) is 0 Å². The van der Waals surface area contributed by atoms with Crippen molar-refractivity contribution in [3.63, 3.8) is 0 Å². The highest BCUT2D eigenvalue weighted by atomic mass is 32.1. The number of benzene rings is 2. The van der Waals surface area contributed by atoms with E-state index in [-0.39, 0.29) is 17.4 Å². The molecule has 1 N–H and O–H groups in total. The first-order valence-corrected chi connectivity index (χ1v) is 9.01. The Kier molecular flexibility index (Phi) is 4.66. The van der Waals surface area contributed by atoms with E-state index in [2.05, 4.69) is 20.0 Å². The van der Waals surface area contributed by atoms with Crippen molar-refractivity contribution in [3.05, 3.63) is 59.0 Å². The number of thiazole rings is 1. The van der Waals surface area contributed by atoms with Crippen molar-refractivity contribution in [3.8, 4) is 5.75 Å². The van der Waals surface area contributed by atoms with Gasteiger partial charge in [0.05, 0.1) is 27.4 Å². The highest BCUT2D eigenvalue weighted by molar-refractivity contribution is 7.22. The standard InChI is InChI=1S/C18H11F3N4O3S/c19-18(20,21)28-10-5-6-12-14(7-10)29-17(23-12)24-15(26)9-25-13-4-2-1-3-11(13)22-8-16(25)27/h1-8H,9H2,(H,23,24,26). The first-order chi connectivity index (χ1) is 13.8. The average molecular weight is 420 g/mol. The lowest BCUT2D eigenvalue weighted by atomic mass is 10.3. The van der Waals surface area contributed by atoms with Crippen molar-refractivity contribution < 1.29 is 22.7 Å². The van der Waals surface area contributed by atoms with Gasteiger partial charge in [0.25, 0.3) is 5.56 Å². The molecule has 0 spiro atoms. The lowest BCUT2D eigenvalue weighted by molar-refractivity contribution is -0.274. The third kappa shape index (κ3) is 4.19. The van der Waals surface area contributed by atoms with E-state index < -0.39 is 17.8 Å². The fourth-order valence-corrected chi connectivity index (χ4v) is 3.65. The molecule has 0 bridgehead atoms. The van der Waals surface area contributed by atoms with Crippen LogP contribution in [0.5, 0.6) is 5.75 Å². The predicted molar refractivity (Wildman–Crippen MR) is 101 cm³/mol. The summed E-state index contributed by atoms with van der Waals surface area (Å²) in [6.07, 6.45) is -3.66. The number of ether oxygens (including phenoxy) is 1. The van der Waals surface area contributed by atoms with Crippen LogP contribution in [-0.4, -0.2) is 26.8 Å². The van der Waals surface area contributed by atoms with Gasteiger partial charge in [0.1, 0.15) is 12.3 Å². The minimum absolute atomic E-state index is 0.195. The summed E-state index contributed by atoms with van der Waals surface area (Å²) in [7, 11) is 0. The maximum atomic E-state index is 12.4. The van der Waals surface area contributed by atoms with Gasteiger partial charge in [-0.1, -0.05) is 23.5 Å². The Hall–Kier alpha value is -3.47. The molecule has 0 aliphatic carbocycles. The molecule has 0 saturated heterocycles. The second-order valence-electron chi connectivity index (χ2n) is 5.92. The molecule has 148 valence electrons. The quantitative estimate of drug-likeness (QED) is 0.546. The molecule has 4 rings (SSSR count). The maximum absolute atomic E-state index is 12.4. The average Bonchev–Trinajstić information content (AvgIpc) is 3.04. The minimum atomic E-state index is -4.80. The lowest BCUT2D eigenvalue weighted by Gasteiger charge is -2.08. The van der Waals surface area contributed by atoms with Gasteiger partial charge in [-0.3, -0.25) is 14.2 Å². The number of hydrogen-bond acceptors (Lipinski definition) is 6. The van der Waals surface area contributed by atoms with Crippen LogP contribution in [0.2, 0.25) is 0 Å². The summed E-state index contributed by atoms with van der Waals surface area (Å²) in [5.74, 6) is -0.879. The Labute approximate surface area is 164 Å². The summed E-state index contributed by atoms with van der Waals surface area (Å²) in [4.78, 5) is 32.7. The van der Waals surface area contributed by atoms with Gasteiger partial charge in [0.2, 0.25) is 5.91 Å². The molecule has 1 amide bonds. The van der Waals surface area contributed by atoms with Gasteiger partial charge in [-0.25, -0.2) is 9.97 Å². The van der Waals surface area contributed by atoms with Gasteiger partial charge in [-0.15, -0.1) is 13.2 Å². The number of rotatable bonds is 4. The second-order valence-corrected chi connectivity index (χ2v) is 6.95. The van der Waals surface area contributed by atoms with E-state index >= 15 is 0 Å². The summed E-state index contributed by atoms with van der Waals surface area (Å²) in [5, 5.41) is 2.76. The molecule has 2 aromatic heterocycles. The van der Waals surface area contributed by atoms with Gasteiger partial charge in [0, 0.05) is 6.07 Å².